The minimum Gasteiger partial charge on any atom is -0.307 e. The Morgan fingerprint density at radius 1 is 0.862 bits per heavy atom. The van der Waals surface area contributed by atoms with Gasteiger partial charge in [0.25, 0.3) is 0 Å². The SMILES string of the molecule is C[Si](C)(C)C#Cc1cnc2[nH]c(=O)ccc2c1.O=c1ccc2cc(Br)cnc2[nH]1. The predicted molar refractivity (Wildman–Crippen MR) is 123 cm³/mol. The lowest BCUT2D eigenvalue weighted by Gasteiger charge is -2.03. The molecular formula is C21H19BrN4O2Si. The summed E-state index contributed by atoms with van der Waals surface area (Å²) < 4.78 is 0.905. The van der Waals surface area contributed by atoms with Crippen LogP contribution in [0.2, 0.25) is 19.6 Å². The summed E-state index contributed by atoms with van der Waals surface area (Å²) >= 11 is 3.30. The van der Waals surface area contributed by atoms with E-state index >= 15 is 0 Å². The summed E-state index contributed by atoms with van der Waals surface area (Å²) in [5, 5.41) is 1.83. The van der Waals surface area contributed by atoms with E-state index in [-0.39, 0.29) is 11.1 Å². The fraction of sp³-hybridized carbons (Fsp3) is 0.143. The van der Waals surface area contributed by atoms with Gasteiger partial charge in [-0.15, -0.1) is 5.54 Å². The van der Waals surface area contributed by atoms with Crippen LogP contribution in [0.25, 0.3) is 22.1 Å². The molecule has 0 spiro atoms. The number of hydrogen-bond donors (Lipinski definition) is 2. The van der Waals surface area contributed by atoms with E-state index in [2.05, 4.69) is 67.0 Å². The van der Waals surface area contributed by atoms with Crippen molar-refractivity contribution in [3.05, 3.63) is 79.5 Å². The Balaban J connectivity index is 0.000000176. The van der Waals surface area contributed by atoms with Crippen LogP contribution in [0.1, 0.15) is 5.56 Å². The number of H-pyrrole nitrogens is 2. The normalized spacial score (nSPS) is 10.8. The van der Waals surface area contributed by atoms with Crippen molar-refractivity contribution in [3.8, 4) is 11.5 Å². The minimum absolute atomic E-state index is 0.127. The number of hydrogen-bond acceptors (Lipinski definition) is 4. The van der Waals surface area contributed by atoms with E-state index in [0.717, 1.165) is 20.8 Å². The zero-order valence-electron chi connectivity index (χ0n) is 16.2. The van der Waals surface area contributed by atoms with Gasteiger partial charge >= 0.3 is 0 Å². The van der Waals surface area contributed by atoms with Crippen LogP contribution < -0.4 is 11.1 Å². The lowest BCUT2D eigenvalue weighted by molar-refractivity contribution is 1.23. The molecule has 0 saturated carbocycles. The Morgan fingerprint density at radius 3 is 2.00 bits per heavy atom. The number of nitrogens with zero attached hydrogens (tertiary/aromatic N) is 2. The highest BCUT2D eigenvalue weighted by molar-refractivity contribution is 9.10. The molecular weight excluding hydrogens is 448 g/mol. The molecule has 146 valence electrons. The number of rotatable bonds is 0. The van der Waals surface area contributed by atoms with Crippen molar-refractivity contribution in [2.75, 3.05) is 0 Å². The number of halogens is 1. The summed E-state index contributed by atoms with van der Waals surface area (Å²) in [4.78, 5) is 35.5. The van der Waals surface area contributed by atoms with Crippen molar-refractivity contribution in [3.63, 3.8) is 0 Å². The molecule has 6 nitrogen and oxygen atoms in total. The van der Waals surface area contributed by atoms with Gasteiger partial charge in [0.15, 0.2) is 0 Å². The Morgan fingerprint density at radius 2 is 1.41 bits per heavy atom. The number of nitrogens with one attached hydrogen (secondary N) is 2. The van der Waals surface area contributed by atoms with E-state index in [1.807, 2.05) is 12.1 Å². The van der Waals surface area contributed by atoms with Gasteiger partial charge in [0.1, 0.15) is 19.4 Å². The average molecular weight is 467 g/mol. The second-order valence-corrected chi connectivity index (χ2v) is 13.1. The molecule has 0 bridgehead atoms. The maximum atomic E-state index is 11.1. The van der Waals surface area contributed by atoms with Crippen LogP contribution in [0.4, 0.5) is 0 Å². The van der Waals surface area contributed by atoms with Gasteiger partial charge in [-0.2, -0.15) is 0 Å². The molecule has 0 aliphatic carbocycles. The van der Waals surface area contributed by atoms with Crippen LogP contribution >= 0.6 is 15.9 Å². The maximum absolute atomic E-state index is 11.1. The van der Waals surface area contributed by atoms with Crippen molar-refractivity contribution in [2.24, 2.45) is 0 Å². The number of aromatic nitrogens is 4. The molecule has 0 fully saturated rings. The highest BCUT2D eigenvalue weighted by Gasteiger charge is 2.07. The standard InChI is InChI=1S/C13H14N2OSi.C8H5BrN2O/c1-17(2,3)7-6-10-8-11-4-5-12(16)15-13(11)14-9-10;9-6-3-5-1-2-7(12)11-8(5)10-4-6/h4-5,8-9H,1-3H3,(H,14,15,16);1-4H,(H,10,11,12). The molecule has 4 heterocycles. The third-order valence-electron chi connectivity index (χ3n) is 3.69. The van der Waals surface area contributed by atoms with Gasteiger partial charge < -0.3 is 9.97 Å². The summed E-state index contributed by atoms with van der Waals surface area (Å²) in [6, 6.07) is 10.3. The molecule has 8 heteroatoms. The first-order valence-electron chi connectivity index (χ1n) is 8.86. The Kier molecular flexibility index (Phi) is 6.11. The fourth-order valence-electron chi connectivity index (χ4n) is 2.38. The maximum Gasteiger partial charge on any atom is 0.249 e. The number of pyridine rings is 4. The monoisotopic (exact) mass is 466 g/mol. The van der Waals surface area contributed by atoms with Crippen molar-refractivity contribution in [2.45, 2.75) is 19.6 Å². The smallest absolute Gasteiger partial charge is 0.249 e. The molecule has 29 heavy (non-hydrogen) atoms. The zero-order valence-corrected chi connectivity index (χ0v) is 18.8. The highest BCUT2D eigenvalue weighted by Crippen LogP contribution is 2.13. The lowest BCUT2D eigenvalue weighted by Crippen LogP contribution is -2.16. The van der Waals surface area contributed by atoms with Gasteiger partial charge in [0.05, 0.1) is 0 Å². The van der Waals surface area contributed by atoms with Gasteiger partial charge in [-0.1, -0.05) is 25.6 Å². The van der Waals surface area contributed by atoms with Gasteiger partial charge in [-0.3, -0.25) is 9.59 Å². The van der Waals surface area contributed by atoms with Crippen LogP contribution in [0.3, 0.4) is 0 Å². The van der Waals surface area contributed by atoms with Crippen molar-refractivity contribution in [1.29, 1.82) is 0 Å². The van der Waals surface area contributed by atoms with E-state index < -0.39 is 8.07 Å². The largest absolute Gasteiger partial charge is 0.307 e. The number of aromatic amines is 2. The van der Waals surface area contributed by atoms with E-state index in [0.29, 0.717) is 11.3 Å². The summed E-state index contributed by atoms with van der Waals surface area (Å²) in [6.07, 6.45) is 3.35. The summed E-state index contributed by atoms with van der Waals surface area (Å²) in [6.45, 7) is 6.60. The molecule has 0 aliphatic heterocycles. The summed E-state index contributed by atoms with van der Waals surface area (Å²) in [7, 11) is -1.36. The van der Waals surface area contributed by atoms with Crippen molar-refractivity contribution >= 4 is 46.1 Å². The van der Waals surface area contributed by atoms with Crippen molar-refractivity contribution in [1.82, 2.24) is 19.9 Å². The molecule has 0 amide bonds. The molecule has 0 aromatic carbocycles. The van der Waals surface area contributed by atoms with Gasteiger partial charge in [0.2, 0.25) is 11.1 Å². The van der Waals surface area contributed by atoms with E-state index in [1.54, 1.807) is 24.5 Å². The van der Waals surface area contributed by atoms with Crippen LogP contribution in [0.15, 0.2) is 62.9 Å². The van der Waals surface area contributed by atoms with Gasteiger partial charge in [-0.05, 0) is 40.2 Å². The van der Waals surface area contributed by atoms with E-state index in [1.165, 1.54) is 12.1 Å². The molecule has 0 atom stereocenters. The van der Waals surface area contributed by atoms with E-state index in [9.17, 15) is 9.59 Å². The second kappa shape index (κ2) is 8.55. The quantitative estimate of drug-likeness (QED) is 0.304. The molecule has 2 N–H and O–H groups in total. The molecule has 0 unspecified atom stereocenters. The highest BCUT2D eigenvalue weighted by atomic mass is 79.9. The summed E-state index contributed by atoms with van der Waals surface area (Å²) in [5.41, 5.74) is 5.15. The molecule has 4 rings (SSSR count). The topological polar surface area (TPSA) is 91.5 Å². The van der Waals surface area contributed by atoms with Crippen LogP contribution in [-0.4, -0.2) is 28.0 Å². The van der Waals surface area contributed by atoms with Crippen LogP contribution in [0.5, 0.6) is 0 Å². The first-order chi connectivity index (χ1) is 13.7. The molecule has 0 saturated heterocycles. The van der Waals surface area contributed by atoms with Crippen LogP contribution in [0, 0.1) is 11.5 Å². The van der Waals surface area contributed by atoms with Gasteiger partial charge in [0, 0.05) is 45.3 Å². The molecule has 4 aromatic heterocycles. The zero-order chi connectivity index (χ0) is 21.0. The Labute approximate surface area is 176 Å². The Bertz CT molecular complexity index is 1360. The predicted octanol–water partition coefficient (Wildman–Crippen LogP) is 3.84. The van der Waals surface area contributed by atoms with Crippen molar-refractivity contribution < 1.29 is 0 Å². The first kappa shape index (κ1) is 20.7. The third-order valence-corrected chi connectivity index (χ3v) is 5.00. The van der Waals surface area contributed by atoms with Crippen LogP contribution in [-0.2, 0) is 0 Å². The lowest BCUT2D eigenvalue weighted by atomic mass is 10.2. The fourth-order valence-corrected chi connectivity index (χ4v) is 3.24. The Hall–Kier alpha value is -3.02. The molecule has 4 aromatic rings. The average Bonchev–Trinajstić information content (AvgIpc) is 2.66. The first-order valence-corrected chi connectivity index (χ1v) is 13.2. The summed E-state index contributed by atoms with van der Waals surface area (Å²) in [5.74, 6) is 3.15. The second-order valence-electron chi connectivity index (χ2n) is 7.40. The van der Waals surface area contributed by atoms with E-state index in [4.69, 9.17) is 0 Å². The van der Waals surface area contributed by atoms with Gasteiger partial charge in [-0.25, -0.2) is 9.97 Å². The third kappa shape index (κ3) is 5.98. The molecule has 0 radical (unpaired) electrons. The minimum atomic E-state index is -1.36. The molecule has 0 aliphatic rings. The number of fused-ring (bicyclic) bond motifs is 2.